The van der Waals surface area contributed by atoms with Crippen LogP contribution in [0.15, 0.2) is 51.7 Å². The number of carbonyl (C=O) groups excluding carboxylic acids is 1. The van der Waals surface area contributed by atoms with Crippen molar-refractivity contribution in [1.29, 1.82) is 0 Å². The Balaban J connectivity index is 1.36. The van der Waals surface area contributed by atoms with Crippen LogP contribution in [0.4, 0.5) is 4.39 Å². The molecule has 0 saturated carbocycles. The van der Waals surface area contributed by atoms with Crippen LogP contribution in [0.1, 0.15) is 35.1 Å². The van der Waals surface area contributed by atoms with Crippen molar-refractivity contribution in [2.45, 2.75) is 39.8 Å². The van der Waals surface area contributed by atoms with Crippen LogP contribution in [0, 0.1) is 25.6 Å². The molecule has 1 aliphatic rings. The van der Waals surface area contributed by atoms with Gasteiger partial charge in [-0.25, -0.2) is 9.18 Å². The van der Waals surface area contributed by atoms with Crippen LogP contribution >= 0.6 is 0 Å². The molecule has 31 heavy (non-hydrogen) atoms. The second-order valence-electron chi connectivity index (χ2n) is 8.37. The third-order valence-corrected chi connectivity index (χ3v) is 6.25. The Morgan fingerprint density at radius 1 is 1.13 bits per heavy atom. The predicted octanol–water partition coefficient (Wildman–Crippen LogP) is 4.08. The molecule has 2 aromatic carbocycles. The number of amides is 1. The third kappa shape index (κ3) is 4.85. The highest BCUT2D eigenvalue weighted by Gasteiger charge is 2.25. The van der Waals surface area contributed by atoms with E-state index < -0.39 is 0 Å². The van der Waals surface area contributed by atoms with Crippen LogP contribution in [-0.4, -0.2) is 23.9 Å². The zero-order valence-electron chi connectivity index (χ0n) is 17.9. The molecule has 0 bridgehead atoms. The van der Waals surface area contributed by atoms with E-state index in [2.05, 4.69) is 16.3 Å². The van der Waals surface area contributed by atoms with Gasteiger partial charge in [0, 0.05) is 30.5 Å². The summed E-state index contributed by atoms with van der Waals surface area (Å²) in [6.45, 7) is 6.63. The van der Waals surface area contributed by atoms with Gasteiger partial charge in [0.15, 0.2) is 0 Å². The van der Waals surface area contributed by atoms with Crippen molar-refractivity contribution in [3.8, 4) is 0 Å². The standard InChI is InChI=1S/C25H27FN2O3/c1-16-3-8-22-20(13-23(29)31-24(22)17(16)2)15-28-11-9-19(10-12-28)25(30)27-14-18-4-6-21(26)7-5-18/h3-8,13,19H,9-12,14-15H2,1-2H3,(H,27,30). The molecule has 1 N–H and O–H groups in total. The fourth-order valence-corrected chi connectivity index (χ4v) is 4.19. The summed E-state index contributed by atoms with van der Waals surface area (Å²) in [6, 6.07) is 11.8. The molecule has 2 heterocycles. The van der Waals surface area contributed by atoms with Gasteiger partial charge in [0.1, 0.15) is 11.4 Å². The molecule has 0 atom stereocenters. The average molecular weight is 423 g/mol. The second kappa shape index (κ2) is 9.02. The maximum Gasteiger partial charge on any atom is 0.336 e. The lowest BCUT2D eigenvalue weighted by molar-refractivity contribution is -0.126. The number of likely N-dealkylation sites (tertiary alicyclic amines) is 1. The normalized spacial score (nSPS) is 15.3. The van der Waals surface area contributed by atoms with Crippen molar-refractivity contribution in [2.75, 3.05) is 13.1 Å². The number of hydrogen-bond acceptors (Lipinski definition) is 4. The van der Waals surface area contributed by atoms with Gasteiger partial charge >= 0.3 is 5.63 Å². The number of nitrogens with one attached hydrogen (secondary N) is 1. The number of aryl methyl sites for hydroxylation is 2. The van der Waals surface area contributed by atoms with Crippen LogP contribution < -0.4 is 10.9 Å². The Labute approximate surface area is 180 Å². The highest BCUT2D eigenvalue weighted by molar-refractivity contribution is 5.84. The molecular formula is C25H27FN2O3. The lowest BCUT2D eigenvalue weighted by atomic mass is 9.95. The molecule has 0 aliphatic carbocycles. The van der Waals surface area contributed by atoms with Gasteiger partial charge in [0.05, 0.1) is 0 Å². The van der Waals surface area contributed by atoms with E-state index in [9.17, 15) is 14.0 Å². The molecule has 1 saturated heterocycles. The fourth-order valence-electron chi connectivity index (χ4n) is 4.19. The number of rotatable bonds is 5. The Bertz CT molecular complexity index is 1150. The minimum Gasteiger partial charge on any atom is -0.422 e. The molecule has 1 aromatic heterocycles. The lowest BCUT2D eigenvalue weighted by Gasteiger charge is -2.31. The summed E-state index contributed by atoms with van der Waals surface area (Å²) in [5.41, 5.74) is 4.28. The van der Waals surface area contributed by atoms with Crippen LogP contribution in [-0.2, 0) is 17.9 Å². The maximum absolute atomic E-state index is 13.0. The van der Waals surface area contributed by atoms with Gasteiger partial charge in [-0.3, -0.25) is 9.69 Å². The summed E-state index contributed by atoms with van der Waals surface area (Å²) >= 11 is 0. The number of fused-ring (bicyclic) bond motifs is 1. The molecule has 3 aromatic rings. The van der Waals surface area contributed by atoms with Crippen LogP contribution in [0.3, 0.4) is 0 Å². The Morgan fingerprint density at radius 3 is 2.55 bits per heavy atom. The first kappa shape index (κ1) is 21.2. The molecule has 0 unspecified atom stereocenters. The molecule has 1 aliphatic heterocycles. The molecule has 4 rings (SSSR count). The molecule has 1 amide bonds. The van der Waals surface area contributed by atoms with Crippen molar-refractivity contribution >= 4 is 16.9 Å². The summed E-state index contributed by atoms with van der Waals surface area (Å²) in [5.74, 6) is -0.267. The van der Waals surface area contributed by atoms with Gasteiger partial charge in [-0.2, -0.15) is 0 Å². The molecule has 6 heteroatoms. The monoisotopic (exact) mass is 422 g/mol. The van der Waals surface area contributed by atoms with E-state index in [0.717, 1.165) is 53.6 Å². The second-order valence-corrected chi connectivity index (χ2v) is 8.37. The highest BCUT2D eigenvalue weighted by atomic mass is 19.1. The largest absolute Gasteiger partial charge is 0.422 e. The van der Waals surface area contributed by atoms with Crippen molar-refractivity contribution in [1.82, 2.24) is 10.2 Å². The van der Waals surface area contributed by atoms with E-state index in [1.807, 2.05) is 19.9 Å². The van der Waals surface area contributed by atoms with Gasteiger partial charge in [0.2, 0.25) is 5.91 Å². The first-order valence-corrected chi connectivity index (χ1v) is 10.7. The average Bonchev–Trinajstić information content (AvgIpc) is 2.76. The van der Waals surface area contributed by atoms with E-state index in [4.69, 9.17) is 4.42 Å². The van der Waals surface area contributed by atoms with Gasteiger partial charge in [-0.05, 0) is 74.2 Å². The topological polar surface area (TPSA) is 62.6 Å². The van der Waals surface area contributed by atoms with Gasteiger partial charge in [-0.1, -0.05) is 24.3 Å². The van der Waals surface area contributed by atoms with Crippen LogP contribution in [0.2, 0.25) is 0 Å². The van der Waals surface area contributed by atoms with E-state index in [1.54, 1.807) is 18.2 Å². The van der Waals surface area contributed by atoms with Crippen molar-refractivity contribution in [3.63, 3.8) is 0 Å². The number of nitrogens with zero attached hydrogens (tertiary/aromatic N) is 1. The van der Waals surface area contributed by atoms with Gasteiger partial charge in [-0.15, -0.1) is 0 Å². The number of hydrogen-bond donors (Lipinski definition) is 1. The Hall–Kier alpha value is -2.99. The zero-order chi connectivity index (χ0) is 22.0. The molecule has 5 nitrogen and oxygen atoms in total. The first-order valence-electron chi connectivity index (χ1n) is 10.7. The smallest absolute Gasteiger partial charge is 0.336 e. The Morgan fingerprint density at radius 2 is 1.84 bits per heavy atom. The molecule has 1 fully saturated rings. The van der Waals surface area contributed by atoms with Crippen molar-refractivity contribution < 1.29 is 13.6 Å². The minimum absolute atomic E-state index is 0.0285. The summed E-state index contributed by atoms with van der Waals surface area (Å²) in [5, 5.41) is 3.94. The number of halogens is 1. The van der Waals surface area contributed by atoms with Crippen LogP contribution in [0.5, 0.6) is 0 Å². The molecule has 162 valence electrons. The van der Waals surface area contributed by atoms with E-state index >= 15 is 0 Å². The fraction of sp³-hybridized carbons (Fsp3) is 0.360. The zero-order valence-corrected chi connectivity index (χ0v) is 17.9. The first-order chi connectivity index (χ1) is 14.9. The van der Waals surface area contributed by atoms with E-state index in [1.165, 1.54) is 12.1 Å². The molecule has 0 radical (unpaired) electrons. The maximum atomic E-state index is 13.0. The molecule has 0 spiro atoms. The van der Waals surface area contributed by atoms with E-state index in [0.29, 0.717) is 18.7 Å². The van der Waals surface area contributed by atoms with Crippen molar-refractivity contribution in [3.05, 3.63) is 81.0 Å². The summed E-state index contributed by atoms with van der Waals surface area (Å²) in [7, 11) is 0. The lowest BCUT2D eigenvalue weighted by Crippen LogP contribution is -2.40. The molecular weight excluding hydrogens is 395 g/mol. The summed E-state index contributed by atoms with van der Waals surface area (Å²) in [4.78, 5) is 26.9. The number of piperidine rings is 1. The number of carbonyl (C=O) groups is 1. The van der Waals surface area contributed by atoms with Gasteiger partial charge < -0.3 is 9.73 Å². The van der Waals surface area contributed by atoms with Gasteiger partial charge in [0.25, 0.3) is 0 Å². The third-order valence-electron chi connectivity index (χ3n) is 6.25. The van der Waals surface area contributed by atoms with E-state index in [-0.39, 0.29) is 23.3 Å². The predicted molar refractivity (Wildman–Crippen MR) is 118 cm³/mol. The van der Waals surface area contributed by atoms with Crippen molar-refractivity contribution in [2.24, 2.45) is 5.92 Å². The highest BCUT2D eigenvalue weighted by Crippen LogP contribution is 2.26. The Kier molecular flexibility index (Phi) is 6.18. The summed E-state index contributed by atoms with van der Waals surface area (Å²) < 4.78 is 18.5. The quantitative estimate of drug-likeness (QED) is 0.630. The van der Waals surface area contributed by atoms with Crippen LogP contribution in [0.25, 0.3) is 11.0 Å². The summed E-state index contributed by atoms with van der Waals surface area (Å²) in [6.07, 6.45) is 1.54. The number of benzene rings is 2. The minimum atomic E-state index is -0.328. The SMILES string of the molecule is Cc1ccc2c(CN3CCC(C(=O)NCc4ccc(F)cc4)CC3)cc(=O)oc2c1C.